The highest BCUT2D eigenvalue weighted by Gasteiger charge is 2.28. The zero-order valence-electron chi connectivity index (χ0n) is 19.4. The number of carbonyl (C=O) groups is 1. The van der Waals surface area contributed by atoms with Crippen LogP contribution in [-0.4, -0.2) is 54.4 Å². The van der Waals surface area contributed by atoms with E-state index in [1.165, 1.54) is 5.56 Å². The van der Waals surface area contributed by atoms with Crippen LogP contribution in [0.25, 0.3) is 10.9 Å². The number of piperazine rings is 1. The number of nitrogens with zero attached hydrogens (tertiary/aromatic N) is 3. The number of rotatable bonds is 6. The zero-order chi connectivity index (χ0) is 24.3. The largest absolute Gasteiger partial charge is 0.333 e. The van der Waals surface area contributed by atoms with Crippen molar-refractivity contribution in [1.82, 2.24) is 19.1 Å². The number of amides is 1. The Morgan fingerprint density at radius 1 is 0.771 bits per heavy atom. The molecule has 5 rings (SSSR count). The summed E-state index contributed by atoms with van der Waals surface area (Å²) in [6.07, 6.45) is 1.75. The second-order valence-electron chi connectivity index (χ2n) is 8.71. The minimum atomic E-state index is -3.55. The molecular formula is C27H28N4O3S. The van der Waals surface area contributed by atoms with E-state index in [9.17, 15) is 13.2 Å². The third-order valence-corrected chi connectivity index (χ3v) is 8.32. The van der Waals surface area contributed by atoms with Crippen molar-refractivity contribution in [3.63, 3.8) is 0 Å². The molecule has 35 heavy (non-hydrogen) atoms. The van der Waals surface area contributed by atoms with Crippen molar-refractivity contribution in [2.75, 3.05) is 26.2 Å². The Bertz CT molecular complexity index is 1410. The van der Waals surface area contributed by atoms with Crippen LogP contribution >= 0.6 is 0 Å². The van der Waals surface area contributed by atoms with Crippen LogP contribution in [-0.2, 0) is 23.1 Å². The van der Waals surface area contributed by atoms with E-state index in [2.05, 4.69) is 22.3 Å². The average molecular weight is 489 g/mol. The molecule has 1 fully saturated rings. The third kappa shape index (κ3) is 5.14. The number of para-hydroxylation sites is 1. The summed E-state index contributed by atoms with van der Waals surface area (Å²) in [5, 5.41) is 3.90. The highest BCUT2D eigenvalue weighted by molar-refractivity contribution is 7.89. The van der Waals surface area contributed by atoms with Crippen molar-refractivity contribution in [3.05, 3.63) is 102 Å². The maximum absolute atomic E-state index is 13.1. The molecule has 0 unspecified atom stereocenters. The lowest BCUT2D eigenvalue weighted by Crippen LogP contribution is -2.48. The Morgan fingerprint density at radius 3 is 2.20 bits per heavy atom. The van der Waals surface area contributed by atoms with Crippen molar-refractivity contribution in [1.29, 1.82) is 0 Å². The van der Waals surface area contributed by atoms with Crippen molar-refractivity contribution in [2.24, 2.45) is 0 Å². The average Bonchev–Trinajstić information content (AvgIpc) is 3.33. The van der Waals surface area contributed by atoms with Gasteiger partial charge in [0.15, 0.2) is 0 Å². The first-order valence-electron chi connectivity index (χ1n) is 11.7. The van der Waals surface area contributed by atoms with Gasteiger partial charge in [-0.25, -0.2) is 13.2 Å². The third-order valence-electron chi connectivity index (χ3n) is 6.40. The van der Waals surface area contributed by atoms with Gasteiger partial charge in [-0.2, -0.15) is 4.31 Å². The fourth-order valence-electron chi connectivity index (χ4n) is 4.42. The second kappa shape index (κ2) is 10.0. The van der Waals surface area contributed by atoms with E-state index < -0.39 is 10.0 Å². The van der Waals surface area contributed by atoms with Gasteiger partial charge >= 0.3 is 6.03 Å². The molecule has 1 N–H and O–H groups in total. The van der Waals surface area contributed by atoms with E-state index in [0.29, 0.717) is 32.7 Å². The summed E-state index contributed by atoms with van der Waals surface area (Å²) in [6, 6.07) is 26.3. The standard InChI is InChI=1S/C27H28N4O3S/c32-27(31-15-14-24-8-4-5-9-26(24)31)28-20-22-10-12-25(13-11-22)35(33,34)30-18-16-29(17-19-30)21-23-6-2-1-3-7-23/h1-15H,16-21H2,(H,28,32). The van der Waals surface area contributed by atoms with Gasteiger partial charge in [0.05, 0.1) is 10.4 Å². The fraction of sp³-hybridized carbons (Fsp3) is 0.222. The van der Waals surface area contributed by atoms with Gasteiger partial charge < -0.3 is 5.32 Å². The molecule has 4 aromatic rings. The molecule has 3 aromatic carbocycles. The summed E-state index contributed by atoms with van der Waals surface area (Å²) in [4.78, 5) is 15.2. The van der Waals surface area contributed by atoms with Gasteiger partial charge in [-0.1, -0.05) is 60.7 Å². The normalized spacial score (nSPS) is 15.3. The Kier molecular flexibility index (Phi) is 6.68. The molecular weight excluding hydrogens is 460 g/mol. The summed E-state index contributed by atoms with van der Waals surface area (Å²) in [5.41, 5.74) is 2.91. The smallest absolute Gasteiger partial charge is 0.326 e. The lowest BCUT2D eigenvalue weighted by Gasteiger charge is -2.34. The quantitative estimate of drug-likeness (QED) is 0.447. The minimum absolute atomic E-state index is 0.226. The first-order chi connectivity index (χ1) is 17.0. The molecule has 0 atom stereocenters. The summed E-state index contributed by atoms with van der Waals surface area (Å²) in [7, 11) is -3.55. The highest BCUT2D eigenvalue weighted by atomic mass is 32.2. The number of carbonyl (C=O) groups excluding carboxylic acids is 1. The molecule has 0 radical (unpaired) electrons. The second-order valence-corrected chi connectivity index (χ2v) is 10.7. The van der Waals surface area contributed by atoms with Crippen LogP contribution in [0.1, 0.15) is 11.1 Å². The predicted octanol–water partition coefficient (Wildman–Crippen LogP) is 3.91. The monoisotopic (exact) mass is 488 g/mol. The lowest BCUT2D eigenvalue weighted by atomic mass is 10.2. The van der Waals surface area contributed by atoms with Crippen LogP contribution in [0.3, 0.4) is 0 Å². The number of sulfonamides is 1. The van der Waals surface area contributed by atoms with E-state index in [0.717, 1.165) is 23.0 Å². The van der Waals surface area contributed by atoms with Gasteiger partial charge in [-0.05, 0) is 35.4 Å². The Hall–Kier alpha value is -3.46. The van der Waals surface area contributed by atoms with E-state index >= 15 is 0 Å². The number of benzene rings is 3. The van der Waals surface area contributed by atoms with Gasteiger partial charge in [0, 0.05) is 50.9 Å². The molecule has 1 amide bonds. The fourth-order valence-corrected chi connectivity index (χ4v) is 5.84. The first-order valence-corrected chi connectivity index (χ1v) is 13.1. The molecule has 0 saturated carbocycles. The van der Waals surface area contributed by atoms with Gasteiger partial charge in [-0.3, -0.25) is 9.47 Å². The van der Waals surface area contributed by atoms with Crippen molar-refractivity contribution in [2.45, 2.75) is 18.0 Å². The molecule has 1 aliphatic heterocycles. The molecule has 1 aliphatic rings. The molecule has 0 aliphatic carbocycles. The number of nitrogens with one attached hydrogen (secondary N) is 1. The lowest BCUT2D eigenvalue weighted by molar-refractivity contribution is 0.181. The van der Waals surface area contributed by atoms with Gasteiger partial charge in [-0.15, -0.1) is 0 Å². The van der Waals surface area contributed by atoms with E-state index in [1.807, 2.05) is 48.5 Å². The Morgan fingerprint density at radius 2 is 1.46 bits per heavy atom. The summed E-state index contributed by atoms with van der Waals surface area (Å²) < 4.78 is 29.4. The molecule has 1 saturated heterocycles. The Balaban J connectivity index is 1.17. The maximum atomic E-state index is 13.1. The zero-order valence-corrected chi connectivity index (χ0v) is 20.2. The van der Waals surface area contributed by atoms with Crippen LogP contribution < -0.4 is 5.32 Å². The highest BCUT2D eigenvalue weighted by Crippen LogP contribution is 2.20. The van der Waals surface area contributed by atoms with Crippen LogP contribution in [0.5, 0.6) is 0 Å². The molecule has 0 spiro atoms. The SMILES string of the molecule is O=C(NCc1ccc(S(=O)(=O)N2CCN(Cc3ccccc3)CC2)cc1)n1ccc2ccccc21. The van der Waals surface area contributed by atoms with Gasteiger partial charge in [0.2, 0.25) is 10.0 Å². The number of hydrogen-bond acceptors (Lipinski definition) is 4. The molecule has 1 aromatic heterocycles. The van der Waals surface area contributed by atoms with E-state index in [1.54, 1.807) is 39.3 Å². The van der Waals surface area contributed by atoms with Gasteiger partial charge in [0.25, 0.3) is 0 Å². The minimum Gasteiger partial charge on any atom is -0.333 e. The van der Waals surface area contributed by atoms with Crippen LogP contribution in [0, 0.1) is 0 Å². The molecule has 180 valence electrons. The van der Waals surface area contributed by atoms with Crippen molar-refractivity contribution < 1.29 is 13.2 Å². The molecule has 0 bridgehead atoms. The number of fused-ring (bicyclic) bond motifs is 1. The Labute approximate surface area is 205 Å². The number of hydrogen-bond donors (Lipinski definition) is 1. The first kappa shape index (κ1) is 23.3. The van der Waals surface area contributed by atoms with E-state index in [-0.39, 0.29) is 10.9 Å². The van der Waals surface area contributed by atoms with Crippen molar-refractivity contribution in [3.8, 4) is 0 Å². The van der Waals surface area contributed by atoms with Crippen LogP contribution in [0.2, 0.25) is 0 Å². The molecule has 7 nitrogen and oxygen atoms in total. The van der Waals surface area contributed by atoms with Crippen molar-refractivity contribution >= 4 is 27.0 Å². The molecule has 2 heterocycles. The predicted molar refractivity (Wildman–Crippen MR) is 136 cm³/mol. The van der Waals surface area contributed by atoms with E-state index in [4.69, 9.17) is 0 Å². The van der Waals surface area contributed by atoms with Crippen LogP contribution in [0.15, 0.2) is 96.0 Å². The van der Waals surface area contributed by atoms with Gasteiger partial charge in [0.1, 0.15) is 0 Å². The van der Waals surface area contributed by atoms with Crippen LogP contribution in [0.4, 0.5) is 4.79 Å². The number of aromatic nitrogens is 1. The summed E-state index contributed by atoms with van der Waals surface area (Å²) >= 11 is 0. The summed E-state index contributed by atoms with van der Waals surface area (Å²) in [6.45, 7) is 3.48. The summed E-state index contributed by atoms with van der Waals surface area (Å²) in [5.74, 6) is 0. The molecule has 8 heteroatoms. The topological polar surface area (TPSA) is 74.7 Å². The maximum Gasteiger partial charge on any atom is 0.326 e.